The molecule has 1 aromatic carbocycles. The number of nitrogens with zero attached hydrogens (tertiary/aromatic N) is 1. The molecule has 0 bridgehead atoms. The van der Waals surface area contributed by atoms with Crippen LogP contribution in [0.3, 0.4) is 0 Å². The fraction of sp³-hybridized carbons (Fsp3) is 0.133. The molecule has 0 spiro atoms. The van der Waals surface area contributed by atoms with Crippen LogP contribution < -0.4 is 5.32 Å². The number of hydrogen-bond donors (Lipinski definition) is 1. The Morgan fingerprint density at radius 3 is 2.84 bits per heavy atom. The van der Waals surface area contributed by atoms with Crippen molar-refractivity contribution in [2.24, 2.45) is 0 Å². The van der Waals surface area contributed by atoms with Crippen molar-refractivity contribution in [2.75, 3.05) is 5.32 Å². The maximum atomic E-state index is 4.23. The first kappa shape index (κ1) is 12.6. The number of hydrogen-bond acceptors (Lipinski definition) is 3. The van der Waals surface area contributed by atoms with Crippen molar-refractivity contribution >= 4 is 43.0 Å². The van der Waals surface area contributed by atoms with E-state index in [4.69, 9.17) is 0 Å². The van der Waals surface area contributed by atoms with Gasteiger partial charge in [0.15, 0.2) is 0 Å². The first-order chi connectivity index (χ1) is 9.24. The third kappa shape index (κ3) is 2.65. The van der Waals surface area contributed by atoms with E-state index in [9.17, 15) is 0 Å². The molecule has 4 heteroatoms. The van der Waals surface area contributed by atoms with Crippen LogP contribution in [-0.2, 0) is 0 Å². The molecule has 0 aliphatic carbocycles. The maximum absolute atomic E-state index is 4.23. The molecule has 0 saturated carbocycles. The van der Waals surface area contributed by atoms with E-state index in [1.54, 1.807) is 6.20 Å². The van der Waals surface area contributed by atoms with E-state index in [2.05, 4.69) is 63.5 Å². The van der Waals surface area contributed by atoms with Crippen molar-refractivity contribution in [3.05, 3.63) is 58.1 Å². The molecule has 2 nitrogen and oxygen atoms in total. The highest BCUT2D eigenvalue weighted by Gasteiger charge is 2.10. The van der Waals surface area contributed by atoms with Gasteiger partial charge in [0.1, 0.15) is 4.60 Å². The average Bonchev–Trinajstić information content (AvgIpc) is 2.85. The van der Waals surface area contributed by atoms with Crippen LogP contribution in [0.2, 0.25) is 0 Å². The van der Waals surface area contributed by atoms with Gasteiger partial charge in [0.25, 0.3) is 0 Å². The molecule has 0 saturated heterocycles. The molecule has 3 rings (SSSR count). The molecular formula is C15H13BrN2S. The largest absolute Gasteiger partial charge is 0.376 e. The number of nitrogens with one attached hydrogen (secondary N) is 1. The molecule has 1 atom stereocenters. The predicted molar refractivity (Wildman–Crippen MR) is 85.8 cm³/mol. The molecule has 1 N–H and O–H groups in total. The Bertz CT molecular complexity index is 675. The Kier molecular flexibility index (Phi) is 3.53. The summed E-state index contributed by atoms with van der Waals surface area (Å²) in [5.41, 5.74) is 1.02. The van der Waals surface area contributed by atoms with E-state index in [0.717, 1.165) is 10.3 Å². The van der Waals surface area contributed by atoms with Gasteiger partial charge in [-0.3, -0.25) is 0 Å². The Morgan fingerprint density at radius 1 is 1.21 bits per heavy atom. The molecule has 0 fully saturated rings. The lowest BCUT2D eigenvalue weighted by Crippen LogP contribution is -2.05. The predicted octanol–water partition coefficient (Wildman–Crippen LogP) is 5.23. The van der Waals surface area contributed by atoms with Crippen LogP contribution in [0.25, 0.3) is 10.1 Å². The van der Waals surface area contributed by atoms with Crippen molar-refractivity contribution in [2.45, 2.75) is 13.0 Å². The number of rotatable bonds is 3. The van der Waals surface area contributed by atoms with Gasteiger partial charge < -0.3 is 5.32 Å². The topological polar surface area (TPSA) is 24.9 Å². The second-order valence-electron chi connectivity index (χ2n) is 4.39. The van der Waals surface area contributed by atoms with Gasteiger partial charge in [-0.05, 0) is 52.5 Å². The second kappa shape index (κ2) is 5.31. The fourth-order valence-corrected chi connectivity index (χ4v) is 3.45. The molecule has 1 unspecified atom stereocenters. The van der Waals surface area contributed by atoms with Gasteiger partial charge in [0, 0.05) is 15.8 Å². The molecule has 0 aliphatic rings. The molecule has 19 heavy (non-hydrogen) atoms. The van der Waals surface area contributed by atoms with E-state index >= 15 is 0 Å². The summed E-state index contributed by atoms with van der Waals surface area (Å²) in [7, 11) is 0. The molecule has 2 heterocycles. The lowest BCUT2D eigenvalue weighted by atomic mass is 10.2. The van der Waals surface area contributed by atoms with E-state index < -0.39 is 0 Å². The molecule has 3 aromatic rings. The van der Waals surface area contributed by atoms with E-state index in [1.807, 2.05) is 23.5 Å². The van der Waals surface area contributed by atoms with Gasteiger partial charge in [0.2, 0.25) is 0 Å². The molecule has 0 amide bonds. The zero-order valence-corrected chi connectivity index (χ0v) is 12.8. The summed E-state index contributed by atoms with van der Waals surface area (Å²) in [6, 6.07) is 15.0. The quantitative estimate of drug-likeness (QED) is 0.664. The summed E-state index contributed by atoms with van der Waals surface area (Å²) < 4.78 is 2.18. The highest BCUT2D eigenvalue weighted by molar-refractivity contribution is 9.10. The monoisotopic (exact) mass is 332 g/mol. The Hall–Kier alpha value is -1.39. The number of anilines is 1. The lowest BCUT2D eigenvalue weighted by molar-refractivity contribution is 0.904. The third-order valence-corrected chi connectivity index (χ3v) is 4.93. The van der Waals surface area contributed by atoms with Crippen LogP contribution in [0.5, 0.6) is 0 Å². The van der Waals surface area contributed by atoms with E-state index in [-0.39, 0.29) is 6.04 Å². The normalized spacial score (nSPS) is 12.5. The first-order valence-electron chi connectivity index (χ1n) is 6.09. The Morgan fingerprint density at radius 2 is 2.05 bits per heavy atom. The second-order valence-corrected chi connectivity index (χ2v) is 6.26. The van der Waals surface area contributed by atoms with Gasteiger partial charge in [-0.25, -0.2) is 4.98 Å². The SMILES string of the molecule is CC(Nc1cccnc1Br)c1cc2ccccc2s1. The number of fused-ring (bicyclic) bond motifs is 1. The summed E-state index contributed by atoms with van der Waals surface area (Å²) in [6.45, 7) is 2.17. The highest BCUT2D eigenvalue weighted by Crippen LogP contribution is 2.32. The number of pyridine rings is 1. The van der Waals surface area contributed by atoms with Gasteiger partial charge in [0.05, 0.1) is 11.7 Å². The van der Waals surface area contributed by atoms with Gasteiger partial charge >= 0.3 is 0 Å². The zero-order chi connectivity index (χ0) is 13.2. The summed E-state index contributed by atoms with van der Waals surface area (Å²) in [4.78, 5) is 5.56. The first-order valence-corrected chi connectivity index (χ1v) is 7.70. The average molecular weight is 333 g/mol. The van der Waals surface area contributed by atoms with Crippen LogP contribution in [0, 0.1) is 0 Å². The molecular weight excluding hydrogens is 320 g/mol. The molecule has 96 valence electrons. The lowest BCUT2D eigenvalue weighted by Gasteiger charge is -2.14. The Balaban J connectivity index is 1.87. The minimum Gasteiger partial charge on any atom is -0.376 e. The number of aromatic nitrogens is 1. The number of benzene rings is 1. The van der Waals surface area contributed by atoms with Gasteiger partial charge in [-0.15, -0.1) is 11.3 Å². The van der Waals surface area contributed by atoms with Crippen molar-refractivity contribution < 1.29 is 0 Å². The van der Waals surface area contributed by atoms with Crippen LogP contribution in [0.1, 0.15) is 17.8 Å². The van der Waals surface area contributed by atoms with E-state index in [0.29, 0.717) is 0 Å². The zero-order valence-electron chi connectivity index (χ0n) is 10.4. The number of halogens is 1. The molecule has 2 aromatic heterocycles. The maximum Gasteiger partial charge on any atom is 0.129 e. The van der Waals surface area contributed by atoms with Crippen molar-refractivity contribution in [3.63, 3.8) is 0 Å². The van der Waals surface area contributed by atoms with Gasteiger partial charge in [-0.1, -0.05) is 18.2 Å². The van der Waals surface area contributed by atoms with Crippen LogP contribution in [-0.4, -0.2) is 4.98 Å². The molecule has 0 radical (unpaired) electrons. The summed E-state index contributed by atoms with van der Waals surface area (Å²) in [5.74, 6) is 0. The summed E-state index contributed by atoms with van der Waals surface area (Å²) >= 11 is 5.29. The minimum atomic E-state index is 0.262. The van der Waals surface area contributed by atoms with Crippen molar-refractivity contribution in [1.82, 2.24) is 4.98 Å². The van der Waals surface area contributed by atoms with Crippen LogP contribution in [0.4, 0.5) is 5.69 Å². The van der Waals surface area contributed by atoms with Crippen molar-refractivity contribution in [3.8, 4) is 0 Å². The van der Waals surface area contributed by atoms with Gasteiger partial charge in [-0.2, -0.15) is 0 Å². The number of thiophene rings is 1. The summed E-state index contributed by atoms with van der Waals surface area (Å²) in [6.07, 6.45) is 1.78. The van der Waals surface area contributed by atoms with Crippen molar-refractivity contribution in [1.29, 1.82) is 0 Å². The highest BCUT2D eigenvalue weighted by atomic mass is 79.9. The fourth-order valence-electron chi connectivity index (χ4n) is 2.01. The standard InChI is InChI=1S/C15H13BrN2S/c1-10(18-12-6-4-8-17-15(12)16)14-9-11-5-2-3-7-13(11)19-14/h2-10,18H,1H3. The smallest absolute Gasteiger partial charge is 0.129 e. The Labute approximate surface area is 124 Å². The van der Waals surface area contributed by atoms with Crippen LogP contribution >= 0.6 is 27.3 Å². The van der Waals surface area contributed by atoms with E-state index in [1.165, 1.54) is 15.0 Å². The molecule has 0 aliphatic heterocycles. The summed E-state index contributed by atoms with van der Waals surface area (Å²) in [5, 5.41) is 4.80. The van der Waals surface area contributed by atoms with Crippen LogP contribution in [0.15, 0.2) is 53.3 Å². The third-order valence-electron chi connectivity index (χ3n) is 3.00. The minimum absolute atomic E-state index is 0.262.